The molecule has 4 nitrogen and oxygen atoms in total. The quantitative estimate of drug-likeness (QED) is 0.640. The van der Waals surface area contributed by atoms with E-state index in [2.05, 4.69) is 4.98 Å². The first kappa shape index (κ1) is 10.7. The second-order valence-corrected chi connectivity index (χ2v) is 4.33. The highest BCUT2D eigenvalue weighted by molar-refractivity contribution is 5.82. The molecule has 0 radical (unpaired) electrons. The van der Waals surface area contributed by atoms with Crippen LogP contribution in [0.25, 0.3) is 22.6 Å². The number of nitrogens with zero attached hydrogens (tertiary/aromatic N) is 1. The Labute approximate surface area is 104 Å². The highest BCUT2D eigenvalue weighted by atomic mass is 16.3. The third-order valence-corrected chi connectivity index (χ3v) is 2.84. The number of hydrogen-bond acceptors (Lipinski definition) is 4. The second-order valence-electron chi connectivity index (χ2n) is 4.33. The molecule has 3 rings (SSSR count). The largest absolute Gasteiger partial charge is 0.436 e. The summed E-state index contributed by atoms with van der Waals surface area (Å²) in [5.74, 6) is 0.561. The van der Waals surface area contributed by atoms with Crippen molar-refractivity contribution in [3.8, 4) is 11.5 Å². The Bertz CT molecular complexity index is 731. The van der Waals surface area contributed by atoms with Gasteiger partial charge in [0, 0.05) is 23.0 Å². The van der Waals surface area contributed by atoms with E-state index in [1.807, 2.05) is 37.3 Å². The molecule has 0 aliphatic rings. The van der Waals surface area contributed by atoms with E-state index in [9.17, 15) is 0 Å². The Morgan fingerprint density at radius 1 is 1.06 bits per heavy atom. The molecule has 0 spiro atoms. The molecular formula is C14H13N3O. The van der Waals surface area contributed by atoms with E-state index in [-0.39, 0.29) is 0 Å². The maximum absolute atomic E-state index is 5.79. The zero-order chi connectivity index (χ0) is 12.7. The molecule has 0 atom stereocenters. The first-order chi connectivity index (χ1) is 8.63. The maximum atomic E-state index is 5.79. The Morgan fingerprint density at radius 3 is 2.67 bits per heavy atom. The molecule has 90 valence electrons. The fourth-order valence-electron chi connectivity index (χ4n) is 2.02. The summed E-state index contributed by atoms with van der Waals surface area (Å²) in [7, 11) is 0. The molecule has 4 N–H and O–H groups in total. The third kappa shape index (κ3) is 1.68. The molecule has 0 amide bonds. The van der Waals surface area contributed by atoms with Crippen LogP contribution in [0.5, 0.6) is 0 Å². The van der Waals surface area contributed by atoms with E-state index in [0.29, 0.717) is 22.8 Å². The molecule has 0 unspecified atom stereocenters. The molecular weight excluding hydrogens is 226 g/mol. The molecule has 0 aliphatic carbocycles. The minimum atomic E-state index is 0.561. The van der Waals surface area contributed by atoms with Crippen molar-refractivity contribution in [3.63, 3.8) is 0 Å². The molecule has 0 saturated carbocycles. The van der Waals surface area contributed by atoms with Gasteiger partial charge in [-0.2, -0.15) is 0 Å². The zero-order valence-corrected chi connectivity index (χ0v) is 9.97. The highest BCUT2D eigenvalue weighted by Crippen LogP contribution is 2.28. The van der Waals surface area contributed by atoms with Crippen LogP contribution in [0.1, 0.15) is 5.56 Å². The van der Waals surface area contributed by atoms with Gasteiger partial charge in [-0.05, 0) is 36.8 Å². The lowest BCUT2D eigenvalue weighted by Crippen LogP contribution is -1.86. The summed E-state index contributed by atoms with van der Waals surface area (Å²) in [6.45, 7) is 1.96. The SMILES string of the molecule is Cc1cc(N)cc2oc(-c3cccc(N)c3)nc12. The maximum Gasteiger partial charge on any atom is 0.227 e. The molecule has 1 heterocycles. The van der Waals surface area contributed by atoms with Crippen molar-refractivity contribution in [1.29, 1.82) is 0 Å². The van der Waals surface area contributed by atoms with Crippen molar-refractivity contribution in [2.45, 2.75) is 6.92 Å². The fraction of sp³-hybridized carbons (Fsp3) is 0.0714. The van der Waals surface area contributed by atoms with Gasteiger partial charge in [0.15, 0.2) is 5.58 Å². The Morgan fingerprint density at radius 2 is 1.89 bits per heavy atom. The van der Waals surface area contributed by atoms with Crippen molar-refractivity contribution in [2.24, 2.45) is 0 Å². The van der Waals surface area contributed by atoms with Crippen LogP contribution in [-0.2, 0) is 0 Å². The van der Waals surface area contributed by atoms with Crippen LogP contribution >= 0.6 is 0 Å². The lowest BCUT2D eigenvalue weighted by Gasteiger charge is -1.96. The number of anilines is 2. The topological polar surface area (TPSA) is 78.1 Å². The van der Waals surface area contributed by atoms with E-state index < -0.39 is 0 Å². The summed E-state index contributed by atoms with van der Waals surface area (Å²) < 4.78 is 5.72. The molecule has 0 fully saturated rings. The van der Waals surface area contributed by atoms with Crippen molar-refractivity contribution >= 4 is 22.5 Å². The van der Waals surface area contributed by atoms with Crippen molar-refractivity contribution in [3.05, 3.63) is 42.0 Å². The van der Waals surface area contributed by atoms with Crippen LogP contribution in [0.2, 0.25) is 0 Å². The number of aryl methyl sites for hydroxylation is 1. The fourth-order valence-corrected chi connectivity index (χ4v) is 2.02. The van der Waals surface area contributed by atoms with Crippen LogP contribution in [-0.4, -0.2) is 4.98 Å². The molecule has 3 aromatic rings. The van der Waals surface area contributed by atoms with Gasteiger partial charge >= 0.3 is 0 Å². The van der Waals surface area contributed by atoms with Gasteiger partial charge in [0.25, 0.3) is 0 Å². The average molecular weight is 239 g/mol. The van der Waals surface area contributed by atoms with E-state index in [1.165, 1.54) is 0 Å². The Balaban J connectivity index is 2.22. The molecule has 4 heteroatoms. The van der Waals surface area contributed by atoms with Crippen molar-refractivity contribution < 1.29 is 4.42 Å². The Kier molecular flexibility index (Phi) is 2.23. The molecule has 0 bridgehead atoms. The van der Waals surface area contributed by atoms with Gasteiger partial charge in [0.2, 0.25) is 5.89 Å². The Hall–Kier alpha value is -2.49. The monoisotopic (exact) mass is 239 g/mol. The number of nitrogen functional groups attached to an aromatic ring is 2. The van der Waals surface area contributed by atoms with E-state index in [4.69, 9.17) is 15.9 Å². The number of rotatable bonds is 1. The van der Waals surface area contributed by atoms with Gasteiger partial charge in [-0.25, -0.2) is 4.98 Å². The second kappa shape index (κ2) is 3.77. The van der Waals surface area contributed by atoms with Gasteiger partial charge in [-0.1, -0.05) is 6.07 Å². The average Bonchev–Trinajstić information content (AvgIpc) is 2.73. The van der Waals surface area contributed by atoms with Crippen LogP contribution in [0.3, 0.4) is 0 Å². The number of fused-ring (bicyclic) bond motifs is 1. The number of oxazole rings is 1. The number of benzene rings is 2. The molecule has 2 aromatic carbocycles. The summed E-state index contributed by atoms with van der Waals surface area (Å²) >= 11 is 0. The summed E-state index contributed by atoms with van der Waals surface area (Å²) in [4.78, 5) is 4.49. The van der Waals surface area contributed by atoms with Crippen LogP contribution in [0, 0.1) is 6.92 Å². The van der Waals surface area contributed by atoms with Gasteiger partial charge < -0.3 is 15.9 Å². The summed E-state index contributed by atoms with van der Waals surface area (Å²) in [6.07, 6.45) is 0. The first-order valence-corrected chi connectivity index (χ1v) is 5.66. The van der Waals surface area contributed by atoms with Gasteiger partial charge in [0.1, 0.15) is 5.52 Å². The van der Waals surface area contributed by atoms with Crippen LogP contribution in [0.15, 0.2) is 40.8 Å². The lowest BCUT2D eigenvalue weighted by atomic mass is 10.2. The summed E-state index contributed by atoms with van der Waals surface area (Å²) in [6, 6.07) is 11.1. The smallest absolute Gasteiger partial charge is 0.227 e. The standard InChI is InChI=1S/C14H13N3O/c1-8-5-11(16)7-12-13(8)17-14(18-12)9-3-2-4-10(15)6-9/h2-7H,15-16H2,1H3. The summed E-state index contributed by atoms with van der Waals surface area (Å²) in [5.41, 5.74) is 16.3. The van der Waals surface area contributed by atoms with Crippen LogP contribution < -0.4 is 11.5 Å². The molecule has 18 heavy (non-hydrogen) atoms. The van der Waals surface area contributed by atoms with Gasteiger partial charge in [0.05, 0.1) is 0 Å². The van der Waals surface area contributed by atoms with Crippen molar-refractivity contribution in [1.82, 2.24) is 4.98 Å². The molecule has 1 aromatic heterocycles. The van der Waals surface area contributed by atoms with Crippen molar-refractivity contribution in [2.75, 3.05) is 11.5 Å². The minimum absolute atomic E-state index is 0.561. The zero-order valence-electron chi connectivity index (χ0n) is 9.97. The van der Waals surface area contributed by atoms with Gasteiger partial charge in [-0.3, -0.25) is 0 Å². The molecule has 0 aliphatic heterocycles. The predicted octanol–water partition coefficient (Wildman–Crippen LogP) is 2.97. The van der Waals surface area contributed by atoms with Crippen LogP contribution in [0.4, 0.5) is 11.4 Å². The lowest BCUT2D eigenvalue weighted by molar-refractivity contribution is 0.620. The van der Waals surface area contributed by atoms with E-state index >= 15 is 0 Å². The summed E-state index contributed by atoms with van der Waals surface area (Å²) in [5, 5.41) is 0. The minimum Gasteiger partial charge on any atom is -0.436 e. The normalized spacial score (nSPS) is 10.9. The predicted molar refractivity (Wildman–Crippen MR) is 73.0 cm³/mol. The number of hydrogen-bond donors (Lipinski definition) is 2. The van der Waals surface area contributed by atoms with Gasteiger partial charge in [-0.15, -0.1) is 0 Å². The number of aromatic nitrogens is 1. The van der Waals surface area contributed by atoms with E-state index in [0.717, 1.165) is 16.6 Å². The highest BCUT2D eigenvalue weighted by Gasteiger charge is 2.10. The first-order valence-electron chi connectivity index (χ1n) is 5.66. The number of nitrogens with two attached hydrogens (primary N) is 2. The third-order valence-electron chi connectivity index (χ3n) is 2.84. The molecule has 0 saturated heterocycles. The van der Waals surface area contributed by atoms with E-state index in [1.54, 1.807) is 6.07 Å².